The van der Waals surface area contributed by atoms with Gasteiger partial charge in [0.25, 0.3) is 5.91 Å². The van der Waals surface area contributed by atoms with Crippen LogP contribution < -0.4 is 14.8 Å². The lowest BCUT2D eigenvalue weighted by molar-refractivity contribution is -0.121. The van der Waals surface area contributed by atoms with E-state index < -0.39 is 5.25 Å². The molecule has 3 aromatic rings. The SMILES string of the molecule is COc1ccc([C@H]2CC(c3ccc(C)cc3)=NN2C2=NC(=O)[C@@H](CC(=O)Nc3ccccc3OC)S2)cc1. The van der Waals surface area contributed by atoms with E-state index in [9.17, 15) is 9.59 Å². The van der Waals surface area contributed by atoms with Gasteiger partial charge in [0.1, 0.15) is 16.7 Å². The zero-order valence-corrected chi connectivity index (χ0v) is 22.2. The molecule has 38 heavy (non-hydrogen) atoms. The molecule has 2 amide bonds. The molecule has 0 aliphatic carbocycles. The van der Waals surface area contributed by atoms with Crippen LogP contribution in [0.5, 0.6) is 11.5 Å². The first-order chi connectivity index (χ1) is 18.4. The van der Waals surface area contributed by atoms with Crippen LogP contribution in [0.1, 0.15) is 35.6 Å². The number of thioether (sulfide) groups is 1. The van der Waals surface area contributed by atoms with Crippen molar-refractivity contribution in [2.24, 2.45) is 10.1 Å². The van der Waals surface area contributed by atoms with Gasteiger partial charge in [0.15, 0.2) is 5.17 Å². The van der Waals surface area contributed by atoms with Gasteiger partial charge in [0.2, 0.25) is 5.91 Å². The molecule has 0 bridgehead atoms. The minimum Gasteiger partial charge on any atom is -0.497 e. The van der Waals surface area contributed by atoms with Crippen molar-refractivity contribution in [2.45, 2.75) is 31.1 Å². The van der Waals surface area contributed by atoms with Gasteiger partial charge >= 0.3 is 0 Å². The van der Waals surface area contributed by atoms with Crippen molar-refractivity contribution >= 4 is 40.1 Å². The van der Waals surface area contributed by atoms with Crippen molar-refractivity contribution < 1.29 is 19.1 Å². The number of amides is 2. The second-order valence-corrected chi connectivity index (χ2v) is 10.2. The molecule has 194 valence electrons. The van der Waals surface area contributed by atoms with E-state index in [1.165, 1.54) is 17.3 Å². The lowest BCUT2D eigenvalue weighted by Crippen LogP contribution is -2.25. The molecule has 2 atom stereocenters. The zero-order valence-electron chi connectivity index (χ0n) is 21.4. The van der Waals surface area contributed by atoms with Gasteiger partial charge in [0.05, 0.1) is 31.7 Å². The molecule has 0 saturated carbocycles. The molecule has 2 aliphatic rings. The number of carbonyl (C=O) groups is 2. The van der Waals surface area contributed by atoms with Crippen LogP contribution in [0.4, 0.5) is 5.69 Å². The van der Waals surface area contributed by atoms with Crippen LogP contribution in [-0.4, -0.2) is 47.2 Å². The Morgan fingerprint density at radius 3 is 2.47 bits per heavy atom. The number of hydrogen-bond donors (Lipinski definition) is 1. The molecule has 0 aromatic heterocycles. The Hall–Kier alpha value is -4.11. The number of hydrogen-bond acceptors (Lipinski definition) is 7. The van der Waals surface area contributed by atoms with E-state index in [0.717, 1.165) is 22.6 Å². The Bertz CT molecular complexity index is 1400. The van der Waals surface area contributed by atoms with Gasteiger partial charge in [-0.3, -0.25) is 9.59 Å². The van der Waals surface area contributed by atoms with E-state index >= 15 is 0 Å². The van der Waals surface area contributed by atoms with Gasteiger partial charge in [-0.15, -0.1) is 0 Å². The third-order valence-corrected chi connectivity index (χ3v) is 7.61. The number of hydrazone groups is 1. The lowest BCUT2D eigenvalue weighted by Gasteiger charge is -2.23. The van der Waals surface area contributed by atoms with E-state index in [1.807, 2.05) is 48.3 Å². The summed E-state index contributed by atoms with van der Waals surface area (Å²) < 4.78 is 10.6. The fraction of sp³-hybridized carbons (Fsp3) is 0.241. The Morgan fingerprint density at radius 1 is 1.03 bits per heavy atom. The van der Waals surface area contributed by atoms with Crippen LogP contribution in [0.2, 0.25) is 0 Å². The highest BCUT2D eigenvalue weighted by Crippen LogP contribution is 2.39. The zero-order chi connectivity index (χ0) is 26.6. The van der Waals surface area contributed by atoms with Crippen molar-refractivity contribution in [3.8, 4) is 11.5 Å². The number of rotatable bonds is 7. The minimum absolute atomic E-state index is 0.00980. The van der Waals surface area contributed by atoms with Gasteiger partial charge in [-0.25, -0.2) is 5.01 Å². The summed E-state index contributed by atoms with van der Waals surface area (Å²) in [6, 6.07) is 23.1. The van der Waals surface area contributed by atoms with Crippen molar-refractivity contribution in [3.05, 3.63) is 89.5 Å². The van der Waals surface area contributed by atoms with Gasteiger partial charge < -0.3 is 14.8 Å². The first-order valence-electron chi connectivity index (χ1n) is 12.2. The topological polar surface area (TPSA) is 92.6 Å². The number of nitrogens with one attached hydrogen (secondary N) is 1. The molecule has 0 spiro atoms. The molecule has 0 radical (unpaired) electrons. The molecule has 0 unspecified atom stereocenters. The number of aliphatic imine (C=N–C) groups is 1. The number of benzene rings is 3. The maximum atomic E-state index is 12.9. The van der Waals surface area contributed by atoms with Gasteiger partial charge in [-0.05, 0) is 42.3 Å². The first kappa shape index (κ1) is 25.5. The van der Waals surface area contributed by atoms with Crippen LogP contribution in [0.15, 0.2) is 82.9 Å². The number of aryl methyl sites for hydroxylation is 1. The smallest absolute Gasteiger partial charge is 0.262 e. The molecule has 3 aromatic carbocycles. The number of anilines is 1. The summed E-state index contributed by atoms with van der Waals surface area (Å²) in [4.78, 5) is 30.0. The molecule has 5 rings (SSSR count). The molecular weight excluding hydrogens is 500 g/mol. The van der Waals surface area contributed by atoms with Crippen molar-refractivity contribution in [3.63, 3.8) is 0 Å². The summed E-state index contributed by atoms with van der Waals surface area (Å²) in [6.07, 6.45) is 0.645. The Kier molecular flexibility index (Phi) is 7.46. The molecule has 8 nitrogen and oxygen atoms in total. The Labute approximate surface area is 225 Å². The molecule has 1 N–H and O–H groups in total. The number of amidine groups is 1. The Morgan fingerprint density at radius 2 is 1.76 bits per heavy atom. The highest BCUT2D eigenvalue weighted by atomic mass is 32.2. The summed E-state index contributed by atoms with van der Waals surface area (Å²) in [6.45, 7) is 2.05. The molecule has 2 aliphatic heterocycles. The minimum atomic E-state index is -0.630. The first-order valence-corrected chi connectivity index (χ1v) is 13.1. The number of ether oxygens (including phenoxy) is 2. The predicted octanol–water partition coefficient (Wildman–Crippen LogP) is 5.19. The molecule has 9 heteroatoms. The van der Waals surface area contributed by atoms with Crippen LogP contribution >= 0.6 is 11.8 Å². The number of para-hydroxylation sites is 2. The van der Waals surface area contributed by atoms with E-state index in [4.69, 9.17) is 14.6 Å². The third kappa shape index (κ3) is 5.43. The van der Waals surface area contributed by atoms with Crippen molar-refractivity contribution in [1.82, 2.24) is 5.01 Å². The summed E-state index contributed by atoms with van der Waals surface area (Å²) in [5, 5.41) is 9.43. The van der Waals surface area contributed by atoms with Crippen LogP contribution in [0.3, 0.4) is 0 Å². The molecule has 2 heterocycles. The average molecular weight is 529 g/mol. The van der Waals surface area contributed by atoms with Gasteiger partial charge in [0, 0.05) is 12.8 Å². The Balaban J connectivity index is 1.35. The van der Waals surface area contributed by atoms with Gasteiger partial charge in [-0.1, -0.05) is 65.9 Å². The highest BCUT2D eigenvalue weighted by Gasteiger charge is 2.39. The van der Waals surface area contributed by atoms with Crippen LogP contribution in [0, 0.1) is 6.92 Å². The molecular formula is C29H28N4O4S. The second-order valence-electron chi connectivity index (χ2n) is 9.04. The summed E-state index contributed by atoms with van der Waals surface area (Å²) in [7, 11) is 3.18. The normalized spacial score (nSPS) is 18.7. The second kappa shape index (κ2) is 11.1. The van der Waals surface area contributed by atoms with E-state index in [-0.39, 0.29) is 24.3 Å². The van der Waals surface area contributed by atoms with Crippen LogP contribution in [0.25, 0.3) is 0 Å². The summed E-state index contributed by atoms with van der Waals surface area (Å²) in [5.74, 6) is 0.698. The quantitative estimate of drug-likeness (QED) is 0.454. The summed E-state index contributed by atoms with van der Waals surface area (Å²) >= 11 is 1.27. The summed E-state index contributed by atoms with van der Waals surface area (Å²) in [5.41, 5.74) is 4.71. The number of nitrogens with zero attached hydrogens (tertiary/aromatic N) is 3. The maximum absolute atomic E-state index is 12.9. The van der Waals surface area contributed by atoms with E-state index in [1.54, 1.807) is 26.4 Å². The fourth-order valence-corrected chi connectivity index (χ4v) is 5.48. The standard InChI is InChI=1S/C29H28N4O4S/c1-18-8-10-19(11-9-18)23-16-24(20-12-14-21(36-2)15-13-20)33(32-23)29-31-28(35)26(38-29)17-27(34)30-22-6-4-5-7-25(22)37-3/h4-15,24,26H,16-17H2,1-3H3,(H,30,34)/t24-,26-/m1/s1. The number of methoxy groups -OCH3 is 2. The van der Waals surface area contributed by atoms with Gasteiger partial charge in [-0.2, -0.15) is 10.1 Å². The fourth-order valence-electron chi connectivity index (χ4n) is 4.41. The average Bonchev–Trinajstić information content (AvgIpc) is 3.53. The highest BCUT2D eigenvalue weighted by molar-refractivity contribution is 8.15. The van der Waals surface area contributed by atoms with Crippen molar-refractivity contribution in [2.75, 3.05) is 19.5 Å². The molecule has 0 saturated heterocycles. The van der Waals surface area contributed by atoms with E-state index in [0.29, 0.717) is 23.0 Å². The van der Waals surface area contributed by atoms with E-state index in [2.05, 4.69) is 34.6 Å². The largest absolute Gasteiger partial charge is 0.497 e. The predicted molar refractivity (Wildman–Crippen MR) is 150 cm³/mol. The van der Waals surface area contributed by atoms with Crippen molar-refractivity contribution in [1.29, 1.82) is 0 Å². The number of carbonyl (C=O) groups excluding carboxylic acids is 2. The monoisotopic (exact) mass is 528 g/mol. The lowest BCUT2D eigenvalue weighted by atomic mass is 9.98. The maximum Gasteiger partial charge on any atom is 0.262 e. The molecule has 0 fully saturated rings. The van der Waals surface area contributed by atoms with Crippen LogP contribution in [-0.2, 0) is 9.59 Å². The third-order valence-electron chi connectivity index (χ3n) is 6.47.